The summed E-state index contributed by atoms with van der Waals surface area (Å²) in [6, 6.07) is 15.4. The van der Waals surface area contributed by atoms with Gasteiger partial charge in [0, 0.05) is 18.2 Å². The van der Waals surface area contributed by atoms with Crippen LogP contribution in [-0.2, 0) is 38.3 Å². The molecule has 0 spiro atoms. The van der Waals surface area contributed by atoms with Crippen molar-refractivity contribution in [1.82, 2.24) is 5.32 Å². The first-order valence-corrected chi connectivity index (χ1v) is 13.1. The number of amides is 1. The van der Waals surface area contributed by atoms with Crippen molar-refractivity contribution in [3.63, 3.8) is 0 Å². The molecule has 0 aromatic heterocycles. The Morgan fingerprint density at radius 1 is 1.08 bits per heavy atom. The van der Waals surface area contributed by atoms with Crippen LogP contribution in [0.15, 0.2) is 53.5 Å². The minimum absolute atomic E-state index is 0.143. The second-order valence-electron chi connectivity index (χ2n) is 9.30. The van der Waals surface area contributed by atoms with Crippen molar-refractivity contribution in [2.24, 2.45) is 10.9 Å². The van der Waals surface area contributed by atoms with Crippen LogP contribution in [0.25, 0.3) is 0 Å². The average Bonchev–Trinajstić information content (AvgIpc) is 3.37. The molecule has 2 N–H and O–H groups in total. The third-order valence-electron chi connectivity index (χ3n) is 6.64. The van der Waals surface area contributed by atoms with Crippen LogP contribution >= 0.6 is 11.6 Å². The van der Waals surface area contributed by atoms with Gasteiger partial charge < -0.3 is 24.6 Å². The van der Waals surface area contributed by atoms with Crippen LogP contribution in [0.1, 0.15) is 36.5 Å². The summed E-state index contributed by atoms with van der Waals surface area (Å²) in [6.07, 6.45) is 3.57. The van der Waals surface area contributed by atoms with Crippen molar-refractivity contribution in [2.45, 2.75) is 57.5 Å². The summed E-state index contributed by atoms with van der Waals surface area (Å²) in [5, 5.41) is 12.8. The van der Waals surface area contributed by atoms with Crippen molar-refractivity contribution in [3.05, 3.63) is 70.2 Å². The fourth-order valence-electron chi connectivity index (χ4n) is 4.62. The van der Waals surface area contributed by atoms with E-state index in [1.54, 1.807) is 0 Å². The standard InChI is InChI=1S/C28H35ClN2O5/c1-19-34-17-24(26(36-19)16-22-8-3-2-6-21(22)7-4-5-15-32)28-31-25(18-35-28)27(33)30-14-13-20-9-11-23(29)12-10-20/h2-3,6,8-12,19,24-26,32H,4-5,7,13-18H2,1H3,(H,30,33). The van der Waals surface area contributed by atoms with Gasteiger partial charge in [0.2, 0.25) is 5.91 Å². The predicted octanol–water partition coefficient (Wildman–Crippen LogP) is 3.73. The highest BCUT2D eigenvalue weighted by Crippen LogP contribution is 2.28. The highest BCUT2D eigenvalue weighted by Gasteiger charge is 2.39. The van der Waals surface area contributed by atoms with Crippen LogP contribution in [0, 0.1) is 5.92 Å². The summed E-state index contributed by atoms with van der Waals surface area (Å²) in [5.41, 5.74) is 3.59. The summed E-state index contributed by atoms with van der Waals surface area (Å²) < 4.78 is 17.9. The minimum Gasteiger partial charge on any atom is -0.478 e. The number of hydrogen-bond acceptors (Lipinski definition) is 6. The van der Waals surface area contributed by atoms with Crippen LogP contribution < -0.4 is 5.32 Å². The lowest BCUT2D eigenvalue weighted by molar-refractivity contribution is -0.216. The van der Waals surface area contributed by atoms with Gasteiger partial charge in [-0.25, -0.2) is 4.99 Å². The number of ether oxygens (including phenoxy) is 3. The van der Waals surface area contributed by atoms with Crippen molar-refractivity contribution < 1.29 is 24.1 Å². The van der Waals surface area contributed by atoms with Gasteiger partial charge in [-0.1, -0.05) is 48.0 Å². The zero-order chi connectivity index (χ0) is 25.3. The number of aliphatic hydroxyl groups excluding tert-OH is 1. The molecule has 2 aliphatic rings. The van der Waals surface area contributed by atoms with Crippen LogP contribution in [0.3, 0.4) is 0 Å². The van der Waals surface area contributed by atoms with Gasteiger partial charge in [0.25, 0.3) is 0 Å². The van der Waals surface area contributed by atoms with E-state index in [2.05, 4.69) is 22.4 Å². The maximum atomic E-state index is 12.7. The molecule has 4 atom stereocenters. The summed E-state index contributed by atoms with van der Waals surface area (Å²) in [6.45, 7) is 3.27. The van der Waals surface area contributed by atoms with Gasteiger partial charge in [0.05, 0.1) is 18.6 Å². The van der Waals surface area contributed by atoms with Crippen molar-refractivity contribution in [3.8, 4) is 0 Å². The maximum Gasteiger partial charge on any atom is 0.248 e. The first-order chi connectivity index (χ1) is 17.5. The Bertz CT molecular complexity index is 1030. The molecule has 2 aliphatic heterocycles. The highest BCUT2D eigenvalue weighted by molar-refractivity contribution is 6.30. The predicted molar refractivity (Wildman–Crippen MR) is 139 cm³/mol. The number of halogens is 1. The van der Waals surface area contributed by atoms with Gasteiger partial charge in [-0.3, -0.25) is 4.79 Å². The topological polar surface area (TPSA) is 89.4 Å². The number of nitrogens with one attached hydrogen (secondary N) is 1. The molecule has 7 nitrogen and oxygen atoms in total. The van der Waals surface area contributed by atoms with Gasteiger partial charge in [-0.2, -0.15) is 0 Å². The number of hydrogen-bond donors (Lipinski definition) is 2. The molecule has 2 heterocycles. The molecule has 1 saturated heterocycles. The largest absolute Gasteiger partial charge is 0.478 e. The highest BCUT2D eigenvalue weighted by atomic mass is 35.5. The Hall–Kier alpha value is -2.45. The molecule has 0 bridgehead atoms. The number of carbonyl (C=O) groups excluding carboxylic acids is 1. The molecule has 0 radical (unpaired) electrons. The molecule has 4 rings (SSSR count). The minimum atomic E-state index is -0.573. The maximum absolute atomic E-state index is 12.7. The monoisotopic (exact) mass is 514 g/mol. The lowest BCUT2D eigenvalue weighted by Crippen LogP contribution is -2.44. The number of aliphatic imine (C=N–C) groups is 1. The molecule has 8 heteroatoms. The van der Waals surface area contributed by atoms with E-state index >= 15 is 0 Å². The van der Waals surface area contributed by atoms with Gasteiger partial charge in [-0.05, 0) is 67.9 Å². The van der Waals surface area contributed by atoms with Gasteiger partial charge in [0.15, 0.2) is 18.2 Å². The number of benzene rings is 2. The van der Waals surface area contributed by atoms with Crippen LogP contribution in [0.5, 0.6) is 0 Å². The summed E-state index contributed by atoms with van der Waals surface area (Å²) in [5.74, 6) is 0.205. The lowest BCUT2D eigenvalue weighted by atomic mass is 9.91. The molecular weight excluding hydrogens is 480 g/mol. The van der Waals surface area contributed by atoms with E-state index in [-0.39, 0.29) is 37.4 Å². The molecule has 1 fully saturated rings. The van der Waals surface area contributed by atoms with Crippen LogP contribution in [-0.4, -0.2) is 61.7 Å². The fraction of sp³-hybridized carbons (Fsp3) is 0.500. The molecule has 4 unspecified atom stereocenters. The second-order valence-corrected chi connectivity index (χ2v) is 9.73. The molecule has 2 aromatic carbocycles. The molecule has 2 aromatic rings. The zero-order valence-electron chi connectivity index (χ0n) is 20.7. The molecule has 36 heavy (non-hydrogen) atoms. The lowest BCUT2D eigenvalue weighted by Gasteiger charge is -2.35. The molecule has 194 valence electrons. The van der Waals surface area contributed by atoms with Crippen molar-refractivity contribution in [1.29, 1.82) is 0 Å². The Kier molecular flexibility index (Phi) is 9.75. The van der Waals surface area contributed by atoms with Gasteiger partial charge in [-0.15, -0.1) is 0 Å². The average molecular weight is 515 g/mol. The van der Waals surface area contributed by atoms with E-state index in [1.165, 1.54) is 11.1 Å². The van der Waals surface area contributed by atoms with Crippen molar-refractivity contribution >= 4 is 23.4 Å². The van der Waals surface area contributed by atoms with Crippen LogP contribution in [0.4, 0.5) is 0 Å². The first-order valence-electron chi connectivity index (χ1n) is 12.7. The molecule has 0 aliphatic carbocycles. The normalized spacial score (nSPS) is 23.7. The number of unbranched alkanes of at least 4 members (excludes halogenated alkanes) is 1. The summed E-state index contributed by atoms with van der Waals surface area (Å²) >= 11 is 5.93. The zero-order valence-corrected chi connectivity index (χ0v) is 21.5. The third-order valence-corrected chi connectivity index (χ3v) is 6.89. The molecule has 0 saturated carbocycles. The van der Waals surface area contributed by atoms with E-state index in [9.17, 15) is 4.79 Å². The Morgan fingerprint density at radius 3 is 2.64 bits per heavy atom. The number of aliphatic hydroxyl groups is 1. The van der Waals surface area contributed by atoms with Gasteiger partial charge in [0.1, 0.15) is 6.61 Å². The van der Waals surface area contributed by atoms with E-state index in [0.717, 1.165) is 31.2 Å². The SMILES string of the molecule is CC1OCC(C2=NC(C(=O)NCCc3ccc(Cl)cc3)CO2)C(Cc2ccccc2CCCCO)O1. The van der Waals surface area contributed by atoms with Gasteiger partial charge >= 0.3 is 0 Å². The fourth-order valence-corrected chi connectivity index (χ4v) is 4.75. The van der Waals surface area contributed by atoms with E-state index in [4.69, 9.17) is 30.9 Å². The third kappa shape index (κ3) is 7.29. The van der Waals surface area contributed by atoms with E-state index < -0.39 is 6.04 Å². The number of nitrogens with zero attached hydrogens (tertiary/aromatic N) is 1. The number of carbonyl (C=O) groups is 1. The Balaban J connectivity index is 1.37. The van der Waals surface area contributed by atoms with E-state index in [1.807, 2.05) is 43.3 Å². The smallest absolute Gasteiger partial charge is 0.248 e. The molecular formula is C28H35ClN2O5. The number of rotatable bonds is 11. The first kappa shape index (κ1) is 26.6. The Labute approximate surface area is 217 Å². The number of aryl methyl sites for hydroxylation is 1. The summed E-state index contributed by atoms with van der Waals surface area (Å²) in [4.78, 5) is 17.3. The van der Waals surface area contributed by atoms with E-state index in [0.29, 0.717) is 30.5 Å². The molecule has 1 amide bonds. The summed E-state index contributed by atoms with van der Waals surface area (Å²) in [7, 11) is 0. The Morgan fingerprint density at radius 2 is 1.86 bits per heavy atom. The second kappa shape index (κ2) is 13.2. The van der Waals surface area contributed by atoms with Crippen LogP contribution in [0.2, 0.25) is 5.02 Å². The quantitative estimate of drug-likeness (QED) is 0.446. The van der Waals surface area contributed by atoms with Crippen molar-refractivity contribution in [2.75, 3.05) is 26.4 Å².